The average Bonchev–Trinajstić information content (AvgIpc) is 3.07. The minimum Gasteiger partial charge on any atom is -0.461 e. The van der Waals surface area contributed by atoms with E-state index < -0.39 is 17.7 Å². The Hall–Kier alpha value is -2.69. The molecule has 5 heteroatoms. The molecule has 1 aromatic heterocycles. The molecule has 0 spiro atoms. The fourth-order valence-electron chi connectivity index (χ4n) is 2.11. The minimum absolute atomic E-state index is 0.109. The van der Waals surface area contributed by atoms with Crippen LogP contribution in [-0.4, -0.2) is 24.1 Å². The number of carbonyl (C=O) groups is 3. The SMILES string of the molecule is CCOC(=O)C(=O)C(CC(=O)c1ccco1)c1ccccc1. The van der Waals surface area contributed by atoms with Gasteiger partial charge < -0.3 is 9.15 Å². The summed E-state index contributed by atoms with van der Waals surface area (Å²) < 4.78 is 9.80. The average molecular weight is 300 g/mol. The lowest BCUT2D eigenvalue weighted by atomic mass is 9.89. The van der Waals surface area contributed by atoms with E-state index in [1.807, 2.05) is 0 Å². The molecule has 0 aliphatic heterocycles. The molecule has 22 heavy (non-hydrogen) atoms. The third-order valence-corrected chi connectivity index (χ3v) is 3.18. The zero-order chi connectivity index (χ0) is 15.9. The van der Waals surface area contributed by atoms with Crippen molar-refractivity contribution < 1.29 is 23.5 Å². The van der Waals surface area contributed by atoms with E-state index >= 15 is 0 Å². The number of ketones is 2. The Kier molecular flexibility index (Phi) is 5.25. The summed E-state index contributed by atoms with van der Waals surface area (Å²) in [5, 5.41) is 0. The first-order valence-corrected chi connectivity index (χ1v) is 6.96. The summed E-state index contributed by atoms with van der Waals surface area (Å²) in [7, 11) is 0. The number of rotatable bonds is 7. The van der Waals surface area contributed by atoms with Crippen LogP contribution in [0.1, 0.15) is 35.4 Å². The van der Waals surface area contributed by atoms with Crippen molar-refractivity contribution in [2.24, 2.45) is 0 Å². The van der Waals surface area contributed by atoms with Gasteiger partial charge in [-0.2, -0.15) is 0 Å². The molecular weight excluding hydrogens is 284 g/mol. The van der Waals surface area contributed by atoms with Gasteiger partial charge in [0.1, 0.15) is 0 Å². The topological polar surface area (TPSA) is 73.6 Å². The van der Waals surface area contributed by atoms with E-state index in [1.165, 1.54) is 12.3 Å². The number of benzene rings is 1. The van der Waals surface area contributed by atoms with E-state index in [0.717, 1.165) is 0 Å². The standard InChI is InChI=1S/C17H16O5/c1-2-21-17(20)16(19)13(12-7-4-3-5-8-12)11-14(18)15-9-6-10-22-15/h3-10,13H,2,11H2,1H3. The van der Waals surface area contributed by atoms with Crippen molar-refractivity contribution in [1.82, 2.24) is 0 Å². The number of esters is 1. The third kappa shape index (κ3) is 3.69. The molecule has 0 aliphatic rings. The Balaban J connectivity index is 2.24. The lowest BCUT2D eigenvalue weighted by molar-refractivity contribution is -0.154. The van der Waals surface area contributed by atoms with Gasteiger partial charge in [-0.25, -0.2) is 4.79 Å². The molecule has 0 saturated carbocycles. The number of hydrogen-bond donors (Lipinski definition) is 0. The number of hydrogen-bond acceptors (Lipinski definition) is 5. The third-order valence-electron chi connectivity index (χ3n) is 3.18. The van der Waals surface area contributed by atoms with E-state index in [4.69, 9.17) is 9.15 Å². The van der Waals surface area contributed by atoms with E-state index in [0.29, 0.717) is 5.56 Å². The molecule has 1 aromatic carbocycles. The van der Waals surface area contributed by atoms with Crippen molar-refractivity contribution in [3.8, 4) is 0 Å². The highest BCUT2D eigenvalue weighted by Crippen LogP contribution is 2.23. The van der Waals surface area contributed by atoms with E-state index in [1.54, 1.807) is 43.3 Å². The van der Waals surface area contributed by atoms with E-state index in [2.05, 4.69) is 0 Å². The molecule has 0 saturated heterocycles. The highest BCUT2D eigenvalue weighted by atomic mass is 16.5. The van der Waals surface area contributed by atoms with Crippen molar-refractivity contribution in [1.29, 1.82) is 0 Å². The zero-order valence-electron chi connectivity index (χ0n) is 12.2. The molecule has 0 amide bonds. The van der Waals surface area contributed by atoms with Crippen LogP contribution in [0, 0.1) is 0 Å². The molecule has 5 nitrogen and oxygen atoms in total. The van der Waals surface area contributed by atoms with Gasteiger partial charge in [-0.05, 0) is 24.6 Å². The Morgan fingerprint density at radius 2 is 1.82 bits per heavy atom. The minimum atomic E-state index is -0.927. The van der Waals surface area contributed by atoms with Crippen LogP contribution in [0.4, 0.5) is 0 Å². The van der Waals surface area contributed by atoms with Gasteiger partial charge in [0.25, 0.3) is 0 Å². The summed E-state index contributed by atoms with van der Waals surface area (Å²) in [6.45, 7) is 1.73. The molecule has 0 aliphatic carbocycles. The van der Waals surface area contributed by atoms with Crippen LogP contribution in [-0.2, 0) is 14.3 Å². The van der Waals surface area contributed by atoms with Crippen molar-refractivity contribution in [2.75, 3.05) is 6.61 Å². The molecule has 2 rings (SSSR count). The Morgan fingerprint density at radius 1 is 1.09 bits per heavy atom. The van der Waals surface area contributed by atoms with Crippen LogP contribution < -0.4 is 0 Å². The molecular formula is C17H16O5. The molecule has 0 radical (unpaired) electrons. The van der Waals surface area contributed by atoms with Gasteiger partial charge in [-0.1, -0.05) is 30.3 Å². The molecule has 1 atom stereocenters. The molecule has 2 aromatic rings. The van der Waals surface area contributed by atoms with Crippen LogP contribution >= 0.6 is 0 Å². The fourth-order valence-corrected chi connectivity index (χ4v) is 2.11. The second kappa shape index (κ2) is 7.36. The van der Waals surface area contributed by atoms with Gasteiger partial charge in [0.2, 0.25) is 5.78 Å². The van der Waals surface area contributed by atoms with E-state index in [9.17, 15) is 14.4 Å². The molecule has 0 fully saturated rings. The quantitative estimate of drug-likeness (QED) is 0.446. The summed E-state index contributed by atoms with van der Waals surface area (Å²) in [4.78, 5) is 36.2. The van der Waals surface area contributed by atoms with Crippen LogP contribution in [0.3, 0.4) is 0 Å². The first-order chi connectivity index (χ1) is 10.6. The molecule has 0 bridgehead atoms. The van der Waals surface area contributed by atoms with Crippen LogP contribution in [0.5, 0.6) is 0 Å². The summed E-state index contributed by atoms with van der Waals surface area (Å²) >= 11 is 0. The second-order valence-electron chi connectivity index (χ2n) is 4.65. The molecule has 114 valence electrons. The number of ether oxygens (including phenoxy) is 1. The predicted octanol–water partition coefficient (Wildman–Crippen LogP) is 2.77. The zero-order valence-corrected chi connectivity index (χ0v) is 12.2. The van der Waals surface area contributed by atoms with Crippen molar-refractivity contribution >= 4 is 17.5 Å². The van der Waals surface area contributed by atoms with Gasteiger partial charge in [-0.3, -0.25) is 9.59 Å². The van der Waals surface area contributed by atoms with Crippen molar-refractivity contribution in [2.45, 2.75) is 19.3 Å². The van der Waals surface area contributed by atoms with Gasteiger partial charge in [0, 0.05) is 6.42 Å². The van der Waals surface area contributed by atoms with Crippen molar-refractivity contribution in [3.05, 3.63) is 60.1 Å². The number of Topliss-reactive ketones (excluding diaryl/α,β-unsaturated/α-hetero) is 2. The lowest BCUT2D eigenvalue weighted by Gasteiger charge is -2.14. The smallest absolute Gasteiger partial charge is 0.375 e. The van der Waals surface area contributed by atoms with Gasteiger partial charge in [-0.15, -0.1) is 0 Å². The summed E-state index contributed by atoms with van der Waals surface area (Å²) in [6, 6.07) is 11.8. The monoisotopic (exact) mass is 300 g/mol. The maximum atomic E-state index is 12.3. The van der Waals surface area contributed by atoms with E-state index in [-0.39, 0.29) is 24.6 Å². The van der Waals surface area contributed by atoms with Crippen LogP contribution in [0.15, 0.2) is 53.1 Å². The van der Waals surface area contributed by atoms with Gasteiger partial charge >= 0.3 is 5.97 Å². The molecule has 1 heterocycles. The summed E-state index contributed by atoms with van der Waals surface area (Å²) in [6.07, 6.45) is 1.24. The number of furan rings is 1. The predicted molar refractivity (Wildman–Crippen MR) is 78.5 cm³/mol. The number of carbonyl (C=O) groups excluding carboxylic acids is 3. The Morgan fingerprint density at radius 3 is 2.41 bits per heavy atom. The first kappa shape index (κ1) is 15.7. The van der Waals surface area contributed by atoms with Crippen LogP contribution in [0.25, 0.3) is 0 Å². The Bertz CT molecular complexity index is 643. The summed E-state index contributed by atoms with van der Waals surface area (Å²) in [5.41, 5.74) is 0.598. The van der Waals surface area contributed by atoms with Gasteiger partial charge in [0.05, 0.1) is 18.8 Å². The summed E-state index contributed by atoms with van der Waals surface area (Å²) in [5.74, 6) is -2.71. The maximum absolute atomic E-state index is 12.3. The normalized spacial score (nSPS) is 11.7. The second-order valence-corrected chi connectivity index (χ2v) is 4.65. The largest absolute Gasteiger partial charge is 0.461 e. The molecule has 1 unspecified atom stereocenters. The first-order valence-electron chi connectivity index (χ1n) is 6.96. The van der Waals surface area contributed by atoms with Crippen molar-refractivity contribution in [3.63, 3.8) is 0 Å². The molecule has 0 N–H and O–H groups in total. The van der Waals surface area contributed by atoms with Gasteiger partial charge in [0.15, 0.2) is 11.5 Å². The highest BCUT2D eigenvalue weighted by molar-refractivity contribution is 6.36. The highest BCUT2D eigenvalue weighted by Gasteiger charge is 2.30. The Labute approximate surface area is 127 Å². The maximum Gasteiger partial charge on any atom is 0.375 e. The van der Waals surface area contributed by atoms with Crippen LogP contribution in [0.2, 0.25) is 0 Å². The fraction of sp³-hybridized carbons (Fsp3) is 0.235. The lowest BCUT2D eigenvalue weighted by Crippen LogP contribution is -2.26.